The maximum atomic E-state index is 12.5. The molecule has 1 amide bonds. The molecule has 0 spiro atoms. The van der Waals surface area contributed by atoms with E-state index in [0.29, 0.717) is 23.3 Å². The maximum absolute atomic E-state index is 12.5. The number of thioether (sulfide) groups is 1. The Morgan fingerprint density at radius 3 is 2.39 bits per heavy atom. The molecule has 0 atom stereocenters. The Balaban J connectivity index is 1.55. The van der Waals surface area contributed by atoms with Gasteiger partial charge in [-0.05, 0) is 42.0 Å². The van der Waals surface area contributed by atoms with Crippen LogP contribution in [0.2, 0.25) is 0 Å². The lowest BCUT2D eigenvalue weighted by Gasteiger charge is -2.17. The number of hydrogen-bond acceptors (Lipinski definition) is 7. The first-order valence-corrected chi connectivity index (χ1v) is 10.1. The molecule has 0 aliphatic heterocycles. The van der Waals surface area contributed by atoms with E-state index in [1.54, 1.807) is 38.4 Å². The second kappa shape index (κ2) is 10.1. The first-order valence-electron chi connectivity index (χ1n) is 9.13. The number of nitrogens with two attached hydrogens (primary N) is 1. The quantitative estimate of drug-likeness (QED) is 0.396. The highest BCUT2D eigenvalue weighted by atomic mass is 32.2. The van der Waals surface area contributed by atoms with Crippen LogP contribution in [0, 0.1) is 0 Å². The monoisotopic (exact) mass is 449 g/mol. The predicted molar refractivity (Wildman–Crippen MR) is 112 cm³/mol. The van der Waals surface area contributed by atoms with Crippen molar-refractivity contribution in [1.29, 1.82) is 0 Å². The van der Waals surface area contributed by atoms with Gasteiger partial charge in [0.1, 0.15) is 11.5 Å². The molecule has 0 saturated heterocycles. The third-order valence-corrected chi connectivity index (χ3v) is 5.26. The average Bonchev–Trinajstić information content (AvgIpc) is 3.13. The van der Waals surface area contributed by atoms with E-state index in [2.05, 4.69) is 14.9 Å². The second-order valence-electron chi connectivity index (χ2n) is 6.47. The van der Waals surface area contributed by atoms with Crippen LogP contribution in [0.3, 0.4) is 0 Å². The molecule has 0 radical (unpaired) electrons. The van der Waals surface area contributed by atoms with Crippen molar-refractivity contribution in [2.75, 3.05) is 25.8 Å². The molecule has 0 unspecified atom stereocenters. The van der Waals surface area contributed by atoms with Gasteiger partial charge in [-0.15, -0.1) is 10.2 Å². The van der Waals surface area contributed by atoms with Crippen molar-refractivity contribution < 1.29 is 23.0 Å². The van der Waals surface area contributed by atoms with Crippen LogP contribution >= 0.6 is 11.8 Å². The lowest BCUT2D eigenvalue weighted by atomic mass is 10.2. The van der Waals surface area contributed by atoms with E-state index in [0.717, 1.165) is 11.1 Å². The van der Waals surface area contributed by atoms with Crippen molar-refractivity contribution in [3.8, 4) is 22.9 Å². The van der Waals surface area contributed by atoms with Gasteiger partial charge < -0.3 is 20.2 Å². The van der Waals surface area contributed by atoms with Gasteiger partial charge in [0.05, 0.1) is 12.9 Å². The Bertz CT molecular complexity index is 1010. The van der Waals surface area contributed by atoms with Crippen molar-refractivity contribution in [1.82, 2.24) is 19.8 Å². The number of nitrogens with zero attached hydrogens (tertiary/aromatic N) is 4. The van der Waals surface area contributed by atoms with E-state index in [1.165, 1.54) is 33.5 Å². The smallest absolute Gasteiger partial charge is 0.387 e. The van der Waals surface area contributed by atoms with Gasteiger partial charge in [-0.1, -0.05) is 23.9 Å². The number of methoxy groups -OCH3 is 1. The van der Waals surface area contributed by atoms with Crippen LogP contribution in [0.1, 0.15) is 5.56 Å². The van der Waals surface area contributed by atoms with Crippen LogP contribution < -0.4 is 15.3 Å². The zero-order chi connectivity index (χ0) is 22.4. The first-order chi connectivity index (χ1) is 14.9. The van der Waals surface area contributed by atoms with Gasteiger partial charge in [0.2, 0.25) is 11.1 Å². The number of nitrogen functional groups attached to an aromatic ring is 1. The molecule has 8 nitrogen and oxygen atoms in total. The highest BCUT2D eigenvalue weighted by Gasteiger charge is 2.16. The summed E-state index contributed by atoms with van der Waals surface area (Å²) in [4.78, 5) is 14.0. The van der Waals surface area contributed by atoms with Crippen LogP contribution in [0.5, 0.6) is 11.5 Å². The Kier molecular flexibility index (Phi) is 7.29. The zero-order valence-electron chi connectivity index (χ0n) is 16.9. The van der Waals surface area contributed by atoms with Gasteiger partial charge >= 0.3 is 6.61 Å². The number of aromatic nitrogens is 3. The highest BCUT2D eigenvalue weighted by molar-refractivity contribution is 7.99. The van der Waals surface area contributed by atoms with E-state index in [-0.39, 0.29) is 17.4 Å². The summed E-state index contributed by atoms with van der Waals surface area (Å²) in [5.74, 6) is 7.31. The topological polar surface area (TPSA) is 95.5 Å². The van der Waals surface area contributed by atoms with Gasteiger partial charge in [-0.2, -0.15) is 8.78 Å². The summed E-state index contributed by atoms with van der Waals surface area (Å²) in [6.07, 6.45) is 0. The van der Waals surface area contributed by atoms with E-state index < -0.39 is 6.61 Å². The third kappa shape index (κ3) is 5.85. The number of ether oxygens (including phenoxy) is 2. The molecule has 1 aromatic heterocycles. The third-order valence-electron chi connectivity index (χ3n) is 4.33. The normalized spacial score (nSPS) is 10.9. The molecule has 3 rings (SSSR count). The number of carbonyl (C=O) groups excluding carboxylic acids is 1. The molecule has 3 aromatic rings. The molecule has 2 N–H and O–H groups in total. The van der Waals surface area contributed by atoms with Gasteiger partial charge in [0.15, 0.2) is 5.82 Å². The lowest BCUT2D eigenvalue weighted by molar-refractivity contribution is -0.127. The standard InChI is InChI=1S/C20H21F2N5O3S/c1-26(11-13-3-7-16(8-4-13)30-19(21)22)17(28)12-31-20-25-24-18(27(20)23)14-5-9-15(29-2)10-6-14/h3-10,19H,11-12,23H2,1-2H3. The summed E-state index contributed by atoms with van der Waals surface area (Å²) < 4.78 is 35.2. The number of rotatable bonds is 9. The molecule has 0 aliphatic carbocycles. The van der Waals surface area contributed by atoms with E-state index >= 15 is 0 Å². The Morgan fingerprint density at radius 1 is 1.13 bits per heavy atom. The molecule has 11 heteroatoms. The van der Waals surface area contributed by atoms with Crippen molar-refractivity contribution >= 4 is 17.7 Å². The summed E-state index contributed by atoms with van der Waals surface area (Å²) in [6, 6.07) is 13.4. The minimum atomic E-state index is -2.87. The molecule has 0 aliphatic rings. The number of halogens is 2. The number of amides is 1. The van der Waals surface area contributed by atoms with Crippen molar-refractivity contribution in [3.63, 3.8) is 0 Å². The largest absolute Gasteiger partial charge is 0.497 e. The molecule has 2 aromatic carbocycles. The Morgan fingerprint density at radius 2 is 1.77 bits per heavy atom. The molecule has 0 saturated carbocycles. The summed E-state index contributed by atoms with van der Waals surface area (Å²) >= 11 is 1.17. The van der Waals surface area contributed by atoms with Crippen molar-refractivity contribution in [3.05, 3.63) is 54.1 Å². The predicted octanol–water partition coefficient (Wildman–Crippen LogP) is 3.02. The molecule has 31 heavy (non-hydrogen) atoms. The van der Waals surface area contributed by atoms with Gasteiger partial charge in [0, 0.05) is 19.2 Å². The SMILES string of the molecule is COc1ccc(-c2nnc(SCC(=O)N(C)Cc3ccc(OC(F)F)cc3)n2N)cc1. The van der Waals surface area contributed by atoms with E-state index in [1.807, 2.05) is 12.1 Å². The minimum Gasteiger partial charge on any atom is -0.497 e. The van der Waals surface area contributed by atoms with Crippen LogP contribution in [0.4, 0.5) is 8.78 Å². The Labute approximate surface area is 181 Å². The van der Waals surface area contributed by atoms with E-state index in [9.17, 15) is 13.6 Å². The minimum absolute atomic E-state index is 0.0678. The second-order valence-corrected chi connectivity index (χ2v) is 7.41. The molecular formula is C20H21F2N5O3S. The zero-order valence-corrected chi connectivity index (χ0v) is 17.7. The average molecular weight is 449 g/mol. The number of hydrogen-bond donors (Lipinski definition) is 1. The molecule has 164 valence electrons. The van der Waals surface area contributed by atoms with Crippen LogP contribution in [0.15, 0.2) is 53.7 Å². The summed E-state index contributed by atoms with van der Waals surface area (Å²) in [7, 11) is 3.24. The van der Waals surface area contributed by atoms with Crippen molar-refractivity contribution in [2.45, 2.75) is 18.3 Å². The molecule has 1 heterocycles. The number of benzene rings is 2. The number of alkyl halides is 2. The van der Waals surface area contributed by atoms with Crippen LogP contribution in [-0.2, 0) is 11.3 Å². The summed E-state index contributed by atoms with van der Waals surface area (Å²) in [5.41, 5.74) is 1.55. The fraction of sp³-hybridized carbons (Fsp3) is 0.250. The van der Waals surface area contributed by atoms with Gasteiger partial charge in [0.25, 0.3) is 0 Å². The summed E-state index contributed by atoms with van der Waals surface area (Å²) in [5, 5.41) is 8.56. The fourth-order valence-electron chi connectivity index (χ4n) is 2.69. The lowest BCUT2D eigenvalue weighted by Crippen LogP contribution is -2.28. The Hall–Kier alpha value is -3.34. The van der Waals surface area contributed by atoms with Crippen LogP contribution in [0.25, 0.3) is 11.4 Å². The van der Waals surface area contributed by atoms with Gasteiger partial charge in [-0.25, -0.2) is 4.68 Å². The number of carbonyl (C=O) groups is 1. The van der Waals surface area contributed by atoms with E-state index in [4.69, 9.17) is 10.6 Å². The first kappa shape index (κ1) is 22.3. The highest BCUT2D eigenvalue weighted by Crippen LogP contribution is 2.24. The molecule has 0 bridgehead atoms. The summed E-state index contributed by atoms with van der Waals surface area (Å²) in [6.45, 7) is -2.55. The molecular weight excluding hydrogens is 428 g/mol. The molecule has 0 fully saturated rings. The maximum Gasteiger partial charge on any atom is 0.387 e. The fourth-order valence-corrected chi connectivity index (χ4v) is 3.48. The van der Waals surface area contributed by atoms with Crippen LogP contribution in [-0.4, -0.2) is 52.2 Å². The van der Waals surface area contributed by atoms with Crippen molar-refractivity contribution in [2.24, 2.45) is 0 Å². The van der Waals surface area contributed by atoms with Gasteiger partial charge in [-0.3, -0.25) is 4.79 Å².